The molecule has 0 spiro atoms. The molecular formula is C13H16N2O4. The molecule has 1 unspecified atom stereocenters. The second kappa shape index (κ2) is 7.15. The largest absolute Gasteiger partial charge is 0.480 e. The van der Waals surface area contributed by atoms with Crippen molar-refractivity contribution in [1.29, 1.82) is 0 Å². The summed E-state index contributed by atoms with van der Waals surface area (Å²) in [6.45, 7) is 5.25. The number of aliphatic carboxylic acids is 1. The van der Waals surface area contributed by atoms with E-state index in [4.69, 9.17) is 5.11 Å². The summed E-state index contributed by atoms with van der Waals surface area (Å²) in [4.78, 5) is 26.5. The van der Waals surface area contributed by atoms with E-state index < -0.39 is 18.1 Å². The van der Waals surface area contributed by atoms with Crippen LogP contribution in [0.3, 0.4) is 0 Å². The summed E-state index contributed by atoms with van der Waals surface area (Å²) in [5, 5.41) is 11.4. The van der Waals surface area contributed by atoms with Gasteiger partial charge in [0.05, 0.1) is 0 Å². The smallest absolute Gasteiger partial charge is 0.408 e. The van der Waals surface area contributed by atoms with Crippen LogP contribution in [0.4, 0.5) is 4.79 Å². The van der Waals surface area contributed by atoms with Gasteiger partial charge < -0.3 is 15.2 Å². The van der Waals surface area contributed by atoms with Gasteiger partial charge in [-0.25, -0.2) is 9.59 Å². The fourth-order valence-corrected chi connectivity index (χ4v) is 1.44. The summed E-state index contributed by atoms with van der Waals surface area (Å²) >= 11 is 0. The van der Waals surface area contributed by atoms with Crippen LogP contribution >= 0.6 is 0 Å². The van der Waals surface area contributed by atoms with Crippen LogP contribution in [0.15, 0.2) is 31.0 Å². The van der Waals surface area contributed by atoms with Crippen LogP contribution in [-0.4, -0.2) is 34.8 Å². The molecule has 2 N–H and O–H groups in total. The average molecular weight is 264 g/mol. The maximum atomic E-state index is 11.3. The molecule has 0 aliphatic heterocycles. The van der Waals surface area contributed by atoms with E-state index in [0.717, 1.165) is 5.56 Å². The predicted octanol–water partition coefficient (Wildman–Crippen LogP) is 1.30. The van der Waals surface area contributed by atoms with E-state index >= 15 is 0 Å². The van der Waals surface area contributed by atoms with Crippen molar-refractivity contribution in [2.24, 2.45) is 0 Å². The van der Waals surface area contributed by atoms with E-state index in [1.807, 2.05) is 13.0 Å². The zero-order valence-corrected chi connectivity index (χ0v) is 10.6. The first-order valence-electron chi connectivity index (χ1n) is 5.72. The summed E-state index contributed by atoms with van der Waals surface area (Å²) in [5.41, 5.74) is 1.49. The van der Waals surface area contributed by atoms with Gasteiger partial charge in [0.15, 0.2) is 0 Å². The molecule has 0 saturated carbocycles. The van der Waals surface area contributed by atoms with Crippen molar-refractivity contribution in [2.45, 2.75) is 19.4 Å². The third kappa shape index (κ3) is 4.79. The van der Waals surface area contributed by atoms with E-state index in [1.165, 1.54) is 6.08 Å². The van der Waals surface area contributed by atoms with Crippen LogP contribution < -0.4 is 5.32 Å². The van der Waals surface area contributed by atoms with Gasteiger partial charge in [0.2, 0.25) is 0 Å². The Morgan fingerprint density at radius 1 is 1.63 bits per heavy atom. The van der Waals surface area contributed by atoms with Crippen molar-refractivity contribution in [1.82, 2.24) is 10.3 Å². The van der Waals surface area contributed by atoms with E-state index in [2.05, 4.69) is 21.6 Å². The highest BCUT2D eigenvalue weighted by Gasteiger charge is 2.22. The lowest BCUT2D eigenvalue weighted by Gasteiger charge is -2.14. The second-order valence-electron chi connectivity index (χ2n) is 3.89. The van der Waals surface area contributed by atoms with Crippen LogP contribution in [0.25, 0.3) is 0 Å². The molecule has 1 aromatic heterocycles. The molecule has 0 aliphatic carbocycles. The minimum atomic E-state index is -1.14. The number of carbonyl (C=O) groups excluding carboxylic acids is 1. The van der Waals surface area contributed by atoms with Gasteiger partial charge in [-0.05, 0) is 18.6 Å². The molecule has 1 amide bonds. The van der Waals surface area contributed by atoms with E-state index in [9.17, 15) is 9.59 Å². The topological polar surface area (TPSA) is 88.5 Å². The zero-order chi connectivity index (χ0) is 14.3. The number of alkyl carbamates (subject to hydrolysis) is 1. The van der Waals surface area contributed by atoms with Crippen molar-refractivity contribution < 1.29 is 19.4 Å². The molecule has 1 rings (SSSR count). The molecule has 1 aromatic rings. The van der Waals surface area contributed by atoms with Gasteiger partial charge in [0.25, 0.3) is 0 Å². The summed E-state index contributed by atoms with van der Waals surface area (Å²) in [5.74, 6) is -1.14. The molecule has 0 aromatic carbocycles. The van der Waals surface area contributed by atoms with Crippen LogP contribution in [0.2, 0.25) is 0 Å². The van der Waals surface area contributed by atoms with Gasteiger partial charge in [-0.3, -0.25) is 4.98 Å². The number of nitrogens with zero attached hydrogens (tertiary/aromatic N) is 1. The highest BCUT2D eigenvalue weighted by Crippen LogP contribution is 2.07. The Labute approximate surface area is 111 Å². The molecule has 0 aliphatic rings. The summed E-state index contributed by atoms with van der Waals surface area (Å²) in [6, 6.07) is 2.52. The van der Waals surface area contributed by atoms with Crippen molar-refractivity contribution in [3.05, 3.63) is 42.2 Å². The Morgan fingerprint density at radius 3 is 2.95 bits per heavy atom. The maximum absolute atomic E-state index is 11.3. The molecule has 6 nitrogen and oxygen atoms in total. The Kier molecular flexibility index (Phi) is 5.53. The highest BCUT2D eigenvalue weighted by molar-refractivity contribution is 5.80. The molecule has 0 radical (unpaired) electrons. The van der Waals surface area contributed by atoms with Crippen molar-refractivity contribution in [3.8, 4) is 0 Å². The Bertz CT molecular complexity index is 473. The van der Waals surface area contributed by atoms with Crippen LogP contribution in [0, 0.1) is 6.92 Å². The predicted molar refractivity (Wildman–Crippen MR) is 68.8 cm³/mol. The number of ether oxygens (including phenoxy) is 1. The molecule has 19 heavy (non-hydrogen) atoms. The highest BCUT2D eigenvalue weighted by atomic mass is 16.5. The number of rotatable bonds is 6. The molecule has 102 valence electrons. The molecule has 6 heteroatoms. The van der Waals surface area contributed by atoms with Crippen LogP contribution in [-0.2, 0) is 16.0 Å². The van der Waals surface area contributed by atoms with Crippen molar-refractivity contribution in [2.75, 3.05) is 6.61 Å². The number of carbonyl (C=O) groups is 2. The van der Waals surface area contributed by atoms with Gasteiger partial charge in [0, 0.05) is 18.3 Å². The minimum Gasteiger partial charge on any atom is -0.480 e. The quantitative estimate of drug-likeness (QED) is 0.756. The zero-order valence-electron chi connectivity index (χ0n) is 10.6. The number of hydrogen-bond donors (Lipinski definition) is 2. The molecule has 1 atom stereocenters. The third-order valence-electron chi connectivity index (χ3n) is 2.44. The first-order valence-corrected chi connectivity index (χ1v) is 5.72. The van der Waals surface area contributed by atoms with Crippen molar-refractivity contribution in [3.63, 3.8) is 0 Å². The standard InChI is InChI=1S/C13H16N2O4/c1-3-7-19-13(18)15-11(12(16)17)8-10-9(2)5-4-6-14-10/h3-6,11H,1,7-8H2,2H3,(H,15,18)(H,16,17). The summed E-state index contributed by atoms with van der Waals surface area (Å²) in [7, 11) is 0. The third-order valence-corrected chi connectivity index (χ3v) is 2.44. The average Bonchev–Trinajstić information content (AvgIpc) is 2.38. The lowest BCUT2D eigenvalue weighted by atomic mass is 10.1. The van der Waals surface area contributed by atoms with E-state index in [-0.39, 0.29) is 13.0 Å². The lowest BCUT2D eigenvalue weighted by Crippen LogP contribution is -2.42. The van der Waals surface area contributed by atoms with Crippen LogP contribution in [0.1, 0.15) is 11.3 Å². The summed E-state index contributed by atoms with van der Waals surface area (Å²) in [6.07, 6.45) is 2.29. The van der Waals surface area contributed by atoms with Gasteiger partial charge in [-0.2, -0.15) is 0 Å². The number of carboxylic acids is 1. The first kappa shape index (κ1) is 14.7. The number of aryl methyl sites for hydroxylation is 1. The Hall–Kier alpha value is -2.37. The Balaban J connectivity index is 2.68. The van der Waals surface area contributed by atoms with E-state index in [1.54, 1.807) is 12.3 Å². The van der Waals surface area contributed by atoms with Gasteiger partial charge >= 0.3 is 12.1 Å². The molecule has 1 heterocycles. The summed E-state index contributed by atoms with van der Waals surface area (Å²) < 4.78 is 4.69. The molecule has 0 fully saturated rings. The normalized spacial score (nSPS) is 11.4. The first-order chi connectivity index (χ1) is 9.04. The molecule has 0 saturated heterocycles. The molecular weight excluding hydrogens is 248 g/mol. The lowest BCUT2D eigenvalue weighted by molar-refractivity contribution is -0.139. The van der Waals surface area contributed by atoms with Gasteiger partial charge in [-0.1, -0.05) is 18.7 Å². The number of carboxylic acid groups (broad SMARTS) is 1. The van der Waals surface area contributed by atoms with Gasteiger partial charge in [-0.15, -0.1) is 0 Å². The fourth-order valence-electron chi connectivity index (χ4n) is 1.44. The minimum absolute atomic E-state index is 0.0286. The van der Waals surface area contributed by atoms with E-state index in [0.29, 0.717) is 5.69 Å². The second-order valence-corrected chi connectivity index (χ2v) is 3.89. The number of aromatic nitrogens is 1. The number of amides is 1. The van der Waals surface area contributed by atoms with Crippen LogP contribution in [0.5, 0.6) is 0 Å². The Morgan fingerprint density at radius 2 is 2.37 bits per heavy atom. The monoisotopic (exact) mass is 264 g/mol. The fraction of sp³-hybridized carbons (Fsp3) is 0.308. The maximum Gasteiger partial charge on any atom is 0.408 e. The van der Waals surface area contributed by atoms with Gasteiger partial charge in [0.1, 0.15) is 12.6 Å². The number of pyridine rings is 1. The number of nitrogens with one attached hydrogen (secondary N) is 1. The number of hydrogen-bond acceptors (Lipinski definition) is 4. The van der Waals surface area contributed by atoms with Crippen molar-refractivity contribution >= 4 is 12.1 Å². The molecule has 0 bridgehead atoms. The SMILES string of the molecule is C=CCOC(=O)NC(Cc1ncccc1C)C(=O)O.